The third kappa shape index (κ3) is 2.97. The summed E-state index contributed by atoms with van der Waals surface area (Å²) in [5.74, 6) is 0. The minimum atomic E-state index is -4.06. The van der Waals surface area contributed by atoms with Crippen molar-refractivity contribution in [1.82, 2.24) is 0 Å². The fraction of sp³-hybridized carbons (Fsp3) is 0.200. The van der Waals surface area contributed by atoms with Crippen LogP contribution in [0.3, 0.4) is 0 Å². The maximum atomic E-state index is 10.7. The molecule has 0 radical (unpaired) electrons. The lowest BCUT2D eigenvalue weighted by Crippen LogP contribution is -1.96. The molecule has 0 fully saturated rings. The highest BCUT2D eigenvalue weighted by Gasteiger charge is 2.07. The molecule has 1 N–H and O–H groups in total. The van der Waals surface area contributed by atoms with Crippen molar-refractivity contribution in [3.05, 3.63) is 35.9 Å². The third-order valence-electron chi connectivity index (χ3n) is 1.72. The van der Waals surface area contributed by atoms with Gasteiger partial charge in [0.2, 0.25) is 0 Å². The predicted molar refractivity (Wildman–Crippen MR) is 55.6 cm³/mol. The zero-order valence-corrected chi connectivity index (χ0v) is 8.66. The van der Waals surface area contributed by atoms with Crippen molar-refractivity contribution in [1.29, 1.82) is 0 Å². The van der Waals surface area contributed by atoms with Gasteiger partial charge in [-0.25, -0.2) is 0 Å². The van der Waals surface area contributed by atoms with E-state index in [-0.39, 0.29) is 4.90 Å². The molecule has 14 heavy (non-hydrogen) atoms. The van der Waals surface area contributed by atoms with Crippen LogP contribution in [0, 0.1) is 0 Å². The van der Waals surface area contributed by atoms with Gasteiger partial charge >= 0.3 is 0 Å². The summed E-state index contributed by atoms with van der Waals surface area (Å²) < 4.78 is 30.1. The molecule has 4 heteroatoms. The molecule has 0 amide bonds. The molecule has 0 aliphatic heterocycles. The quantitative estimate of drug-likeness (QED) is 0.782. The van der Waals surface area contributed by atoms with Crippen molar-refractivity contribution in [3.63, 3.8) is 0 Å². The van der Waals surface area contributed by atoms with Gasteiger partial charge in [-0.05, 0) is 24.1 Å². The lowest BCUT2D eigenvalue weighted by molar-refractivity contribution is 0.483. The van der Waals surface area contributed by atoms with Crippen molar-refractivity contribution >= 4 is 16.2 Å². The van der Waals surface area contributed by atoms with Crippen LogP contribution in [0.1, 0.15) is 18.9 Å². The van der Waals surface area contributed by atoms with Crippen LogP contribution in [0.5, 0.6) is 0 Å². The summed E-state index contributed by atoms with van der Waals surface area (Å²) in [5.41, 5.74) is 0.916. The Bertz CT molecular complexity index is 415. The molecule has 0 saturated carbocycles. The first kappa shape index (κ1) is 10.9. The highest BCUT2D eigenvalue weighted by molar-refractivity contribution is 7.85. The molecule has 0 atom stereocenters. The molecule has 0 spiro atoms. The van der Waals surface area contributed by atoms with Crippen LogP contribution >= 0.6 is 0 Å². The Hall–Kier alpha value is -1.13. The van der Waals surface area contributed by atoms with E-state index in [2.05, 4.69) is 0 Å². The average Bonchev–Trinajstić information content (AvgIpc) is 2.14. The van der Waals surface area contributed by atoms with Crippen LogP contribution in [0.4, 0.5) is 0 Å². The second kappa shape index (κ2) is 4.39. The maximum absolute atomic E-state index is 10.7. The number of rotatable bonds is 3. The molecule has 0 bridgehead atoms. The number of hydrogen-bond donors (Lipinski definition) is 1. The SMILES string of the molecule is CCC=Cc1ccc(S(=O)(=O)O)cc1. The van der Waals surface area contributed by atoms with Crippen molar-refractivity contribution in [2.75, 3.05) is 0 Å². The summed E-state index contributed by atoms with van der Waals surface area (Å²) in [5, 5.41) is 0. The third-order valence-corrected chi connectivity index (χ3v) is 2.59. The van der Waals surface area contributed by atoms with Gasteiger partial charge in [0.15, 0.2) is 0 Å². The Morgan fingerprint density at radius 1 is 1.29 bits per heavy atom. The smallest absolute Gasteiger partial charge is 0.282 e. The average molecular weight is 212 g/mol. The van der Waals surface area contributed by atoms with E-state index in [4.69, 9.17) is 4.55 Å². The molecule has 0 aliphatic rings. The summed E-state index contributed by atoms with van der Waals surface area (Å²) in [6.45, 7) is 2.02. The normalized spacial score (nSPS) is 12.1. The zero-order valence-electron chi connectivity index (χ0n) is 7.84. The predicted octanol–water partition coefficient (Wildman–Crippen LogP) is 2.36. The first-order chi connectivity index (χ1) is 6.54. The standard InChI is InChI=1S/C10H12O3S/c1-2-3-4-9-5-7-10(8-6-9)14(11,12)13/h3-8H,2H2,1H3,(H,11,12,13). The van der Waals surface area contributed by atoms with Gasteiger partial charge in [0, 0.05) is 0 Å². The van der Waals surface area contributed by atoms with Crippen LogP contribution in [0.15, 0.2) is 35.2 Å². The fourth-order valence-electron chi connectivity index (χ4n) is 1.00. The largest absolute Gasteiger partial charge is 0.294 e. The van der Waals surface area contributed by atoms with E-state index in [1.54, 1.807) is 12.1 Å². The molecular formula is C10H12O3S. The summed E-state index contributed by atoms with van der Waals surface area (Å²) in [6.07, 6.45) is 4.80. The van der Waals surface area contributed by atoms with Gasteiger partial charge in [-0.15, -0.1) is 0 Å². The van der Waals surface area contributed by atoms with E-state index in [9.17, 15) is 8.42 Å². The molecule has 3 nitrogen and oxygen atoms in total. The van der Waals surface area contributed by atoms with Crippen molar-refractivity contribution < 1.29 is 13.0 Å². The topological polar surface area (TPSA) is 54.4 Å². The lowest BCUT2D eigenvalue weighted by Gasteiger charge is -1.97. The van der Waals surface area contributed by atoms with E-state index in [0.717, 1.165) is 12.0 Å². The zero-order chi connectivity index (χ0) is 10.6. The number of allylic oxidation sites excluding steroid dienone is 1. The second-order valence-corrected chi connectivity index (χ2v) is 4.28. The number of hydrogen-bond acceptors (Lipinski definition) is 2. The van der Waals surface area contributed by atoms with Gasteiger partial charge in [0.05, 0.1) is 4.90 Å². The van der Waals surface area contributed by atoms with Gasteiger partial charge in [-0.3, -0.25) is 4.55 Å². The van der Waals surface area contributed by atoms with Crippen LogP contribution in [-0.4, -0.2) is 13.0 Å². The molecule has 76 valence electrons. The van der Waals surface area contributed by atoms with Crippen LogP contribution in [0.2, 0.25) is 0 Å². The van der Waals surface area contributed by atoms with E-state index in [1.165, 1.54) is 12.1 Å². The molecule has 0 unspecified atom stereocenters. The second-order valence-electron chi connectivity index (χ2n) is 2.85. The van der Waals surface area contributed by atoms with Crippen LogP contribution < -0.4 is 0 Å². The van der Waals surface area contributed by atoms with E-state index < -0.39 is 10.1 Å². The maximum Gasteiger partial charge on any atom is 0.294 e. The molecule has 0 aliphatic carbocycles. The lowest BCUT2D eigenvalue weighted by atomic mass is 10.2. The Morgan fingerprint density at radius 3 is 2.29 bits per heavy atom. The first-order valence-electron chi connectivity index (χ1n) is 4.28. The van der Waals surface area contributed by atoms with Crippen molar-refractivity contribution in [2.45, 2.75) is 18.2 Å². The summed E-state index contributed by atoms with van der Waals surface area (Å²) in [6, 6.07) is 6.06. The number of benzene rings is 1. The fourth-order valence-corrected chi connectivity index (χ4v) is 1.48. The molecule has 0 saturated heterocycles. The molecule has 1 aromatic carbocycles. The van der Waals surface area contributed by atoms with Crippen molar-refractivity contribution in [3.8, 4) is 0 Å². The van der Waals surface area contributed by atoms with Gasteiger partial charge in [-0.2, -0.15) is 8.42 Å². The molecule has 1 rings (SSSR count). The minimum Gasteiger partial charge on any atom is -0.282 e. The Balaban J connectivity index is 2.95. The highest BCUT2D eigenvalue weighted by atomic mass is 32.2. The van der Waals surface area contributed by atoms with Crippen LogP contribution in [0.25, 0.3) is 6.08 Å². The Labute approximate surface area is 83.8 Å². The van der Waals surface area contributed by atoms with Crippen molar-refractivity contribution in [2.24, 2.45) is 0 Å². The monoisotopic (exact) mass is 212 g/mol. The van der Waals surface area contributed by atoms with E-state index in [0.29, 0.717) is 0 Å². The Morgan fingerprint density at radius 2 is 1.86 bits per heavy atom. The van der Waals surface area contributed by atoms with Gasteiger partial charge in [0.25, 0.3) is 10.1 Å². The van der Waals surface area contributed by atoms with Gasteiger partial charge in [-0.1, -0.05) is 31.2 Å². The summed E-state index contributed by atoms with van der Waals surface area (Å²) in [7, 11) is -4.06. The summed E-state index contributed by atoms with van der Waals surface area (Å²) >= 11 is 0. The van der Waals surface area contributed by atoms with E-state index in [1.807, 2.05) is 19.1 Å². The molecule has 0 heterocycles. The van der Waals surface area contributed by atoms with E-state index >= 15 is 0 Å². The summed E-state index contributed by atoms with van der Waals surface area (Å²) in [4.78, 5) is -0.0776. The first-order valence-corrected chi connectivity index (χ1v) is 5.72. The molecular weight excluding hydrogens is 200 g/mol. The molecule has 1 aromatic rings. The highest BCUT2D eigenvalue weighted by Crippen LogP contribution is 2.11. The van der Waals surface area contributed by atoms with Crippen LogP contribution in [-0.2, 0) is 10.1 Å². The minimum absolute atomic E-state index is 0.0776. The van der Waals surface area contributed by atoms with Gasteiger partial charge in [0.1, 0.15) is 0 Å². The Kier molecular flexibility index (Phi) is 3.43. The molecule has 0 aromatic heterocycles. The van der Waals surface area contributed by atoms with Gasteiger partial charge < -0.3 is 0 Å².